The van der Waals surface area contributed by atoms with E-state index in [1.807, 2.05) is 97.1 Å². The molecule has 6 rings (SSSR count). The number of carbonyl (C=O) groups excluding carboxylic acids is 1. The molecule has 210 valence electrons. The van der Waals surface area contributed by atoms with Gasteiger partial charge < -0.3 is 29.6 Å². The molecular formula is C34H29N3O5. The van der Waals surface area contributed by atoms with Gasteiger partial charge in [0.2, 0.25) is 11.6 Å². The van der Waals surface area contributed by atoms with Gasteiger partial charge in [-0.3, -0.25) is 9.78 Å². The average Bonchev–Trinajstić information content (AvgIpc) is 3.04. The van der Waals surface area contributed by atoms with Crippen LogP contribution in [0, 0.1) is 0 Å². The van der Waals surface area contributed by atoms with E-state index in [4.69, 9.17) is 18.9 Å². The maximum Gasteiger partial charge on any atom is 0.257 e. The molecule has 1 atom stereocenters. The Bertz CT molecular complexity index is 1760. The SMILES string of the molecule is COc1cc(C2C(C(=O)Nc3ccccc3)=C(Nc3ccccc3)Oc3c2ccc2cccnc32)cc(OC)c1OC. The molecular weight excluding hydrogens is 530 g/mol. The summed E-state index contributed by atoms with van der Waals surface area (Å²) in [5, 5.41) is 7.33. The number of methoxy groups -OCH3 is 3. The fourth-order valence-electron chi connectivity index (χ4n) is 5.23. The first-order valence-corrected chi connectivity index (χ1v) is 13.4. The number of anilines is 2. The molecule has 8 heteroatoms. The third-order valence-corrected chi connectivity index (χ3v) is 7.14. The lowest BCUT2D eigenvalue weighted by Gasteiger charge is -2.32. The van der Waals surface area contributed by atoms with Crippen LogP contribution in [0.2, 0.25) is 0 Å². The number of pyridine rings is 1. The van der Waals surface area contributed by atoms with Crippen molar-refractivity contribution in [2.75, 3.05) is 32.0 Å². The molecule has 4 aromatic carbocycles. The molecule has 0 saturated heterocycles. The summed E-state index contributed by atoms with van der Waals surface area (Å²) in [4.78, 5) is 18.9. The molecule has 0 spiro atoms. The van der Waals surface area contributed by atoms with Gasteiger partial charge in [-0.25, -0.2) is 0 Å². The highest BCUT2D eigenvalue weighted by Crippen LogP contribution is 2.49. The van der Waals surface area contributed by atoms with Gasteiger partial charge in [-0.2, -0.15) is 0 Å². The number of para-hydroxylation sites is 2. The van der Waals surface area contributed by atoms with E-state index >= 15 is 0 Å². The number of amides is 1. The Labute approximate surface area is 243 Å². The third-order valence-electron chi connectivity index (χ3n) is 7.14. The van der Waals surface area contributed by atoms with Crippen LogP contribution in [0.1, 0.15) is 17.0 Å². The lowest BCUT2D eigenvalue weighted by Crippen LogP contribution is -2.29. The highest BCUT2D eigenvalue weighted by Gasteiger charge is 2.38. The van der Waals surface area contributed by atoms with Crippen molar-refractivity contribution in [3.63, 3.8) is 0 Å². The van der Waals surface area contributed by atoms with Gasteiger partial charge in [0, 0.05) is 34.4 Å². The predicted molar refractivity (Wildman–Crippen MR) is 162 cm³/mol. The van der Waals surface area contributed by atoms with Gasteiger partial charge in [-0.15, -0.1) is 0 Å². The first-order valence-electron chi connectivity index (χ1n) is 13.4. The maximum atomic E-state index is 14.3. The molecule has 1 unspecified atom stereocenters. The van der Waals surface area contributed by atoms with Crippen molar-refractivity contribution in [3.05, 3.63) is 126 Å². The fourth-order valence-corrected chi connectivity index (χ4v) is 5.23. The molecule has 0 aliphatic carbocycles. The van der Waals surface area contributed by atoms with Gasteiger partial charge in [0.05, 0.1) is 26.9 Å². The molecule has 42 heavy (non-hydrogen) atoms. The molecule has 1 aliphatic rings. The summed E-state index contributed by atoms with van der Waals surface area (Å²) in [5.74, 6) is 1.33. The molecule has 0 saturated carbocycles. The summed E-state index contributed by atoms with van der Waals surface area (Å²) in [6.45, 7) is 0. The van der Waals surface area contributed by atoms with Crippen LogP contribution in [-0.2, 0) is 4.79 Å². The summed E-state index contributed by atoms with van der Waals surface area (Å²) in [7, 11) is 4.69. The summed E-state index contributed by atoms with van der Waals surface area (Å²) < 4.78 is 23.6. The summed E-state index contributed by atoms with van der Waals surface area (Å²) in [5.41, 5.74) is 3.99. The number of hydrogen-bond acceptors (Lipinski definition) is 7. The van der Waals surface area contributed by atoms with E-state index in [0.717, 1.165) is 22.2 Å². The van der Waals surface area contributed by atoms with Crippen molar-refractivity contribution in [1.82, 2.24) is 4.98 Å². The second-order valence-electron chi connectivity index (χ2n) is 9.61. The number of ether oxygens (including phenoxy) is 4. The van der Waals surface area contributed by atoms with Crippen LogP contribution in [0.15, 0.2) is 115 Å². The van der Waals surface area contributed by atoms with Crippen LogP contribution in [0.4, 0.5) is 11.4 Å². The van der Waals surface area contributed by atoms with Gasteiger partial charge in [0.25, 0.3) is 5.91 Å². The predicted octanol–water partition coefficient (Wildman–Crippen LogP) is 6.75. The quantitative estimate of drug-likeness (QED) is 0.217. The highest BCUT2D eigenvalue weighted by molar-refractivity contribution is 6.07. The topological polar surface area (TPSA) is 90.9 Å². The maximum absolute atomic E-state index is 14.3. The minimum absolute atomic E-state index is 0.291. The summed E-state index contributed by atoms with van der Waals surface area (Å²) in [6, 6.07) is 30.4. The van der Waals surface area contributed by atoms with Gasteiger partial charge in [-0.1, -0.05) is 54.6 Å². The second kappa shape index (κ2) is 11.5. The Morgan fingerprint density at radius 2 is 1.45 bits per heavy atom. The molecule has 1 amide bonds. The van der Waals surface area contributed by atoms with Crippen molar-refractivity contribution < 1.29 is 23.7 Å². The molecule has 1 aromatic heterocycles. The standard InChI is InChI=1S/C34H29N3O5/c1-39-26-19-22(20-27(40-2)32(26)41-3)28-25-17-16-21-11-10-18-35-30(21)31(25)42-34(37-24-14-8-5-9-15-24)29(28)33(38)36-23-12-6-4-7-13-23/h4-20,28,37H,1-3H3,(H,36,38). The lowest BCUT2D eigenvalue weighted by molar-refractivity contribution is -0.113. The van der Waals surface area contributed by atoms with Gasteiger partial charge in [-0.05, 0) is 48.0 Å². The van der Waals surface area contributed by atoms with E-state index in [1.54, 1.807) is 27.5 Å². The number of fused-ring (bicyclic) bond motifs is 3. The molecule has 0 bridgehead atoms. The van der Waals surface area contributed by atoms with Crippen LogP contribution < -0.4 is 29.6 Å². The average molecular weight is 560 g/mol. The van der Waals surface area contributed by atoms with E-state index in [2.05, 4.69) is 15.6 Å². The first-order chi connectivity index (χ1) is 20.6. The summed E-state index contributed by atoms with van der Waals surface area (Å²) in [6.07, 6.45) is 1.73. The third kappa shape index (κ3) is 4.94. The number of hydrogen-bond donors (Lipinski definition) is 2. The molecule has 8 nitrogen and oxygen atoms in total. The number of rotatable bonds is 8. The molecule has 5 aromatic rings. The van der Waals surface area contributed by atoms with Crippen molar-refractivity contribution in [2.45, 2.75) is 5.92 Å². The monoisotopic (exact) mass is 559 g/mol. The Morgan fingerprint density at radius 3 is 2.10 bits per heavy atom. The largest absolute Gasteiger partial charge is 0.493 e. The Balaban J connectivity index is 1.62. The Kier molecular flexibility index (Phi) is 7.34. The normalized spacial score (nSPS) is 14.0. The molecule has 0 fully saturated rings. The minimum atomic E-state index is -0.594. The van der Waals surface area contributed by atoms with Crippen molar-refractivity contribution >= 4 is 28.2 Å². The van der Waals surface area contributed by atoms with Gasteiger partial charge in [0.1, 0.15) is 5.52 Å². The molecule has 1 aliphatic heterocycles. The van der Waals surface area contributed by atoms with Crippen LogP contribution in [0.25, 0.3) is 10.9 Å². The van der Waals surface area contributed by atoms with E-state index in [9.17, 15) is 4.79 Å². The van der Waals surface area contributed by atoms with E-state index in [1.165, 1.54) is 0 Å². The number of nitrogens with zero attached hydrogens (tertiary/aromatic N) is 1. The fraction of sp³-hybridized carbons (Fsp3) is 0.118. The van der Waals surface area contributed by atoms with Crippen molar-refractivity contribution in [1.29, 1.82) is 0 Å². The van der Waals surface area contributed by atoms with E-state index in [0.29, 0.717) is 45.7 Å². The minimum Gasteiger partial charge on any atom is -0.493 e. The lowest BCUT2D eigenvalue weighted by atomic mass is 9.81. The van der Waals surface area contributed by atoms with E-state index in [-0.39, 0.29) is 5.91 Å². The van der Waals surface area contributed by atoms with Gasteiger partial charge >= 0.3 is 0 Å². The number of benzene rings is 4. The van der Waals surface area contributed by atoms with Gasteiger partial charge in [0.15, 0.2) is 17.2 Å². The Hall–Kier alpha value is -5.50. The number of nitrogens with one attached hydrogen (secondary N) is 2. The molecule has 0 radical (unpaired) electrons. The zero-order valence-corrected chi connectivity index (χ0v) is 23.4. The van der Waals surface area contributed by atoms with Crippen LogP contribution in [0.3, 0.4) is 0 Å². The van der Waals surface area contributed by atoms with Crippen LogP contribution in [-0.4, -0.2) is 32.2 Å². The van der Waals surface area contributed by atoms with E-state index < -0.39 is 5.92 Å². The van der Waals surface area contributed by atoms with Crippen molar-refractivity contribution in [3.8, 4) is 23.0 Å². The van der Waals surface area contributed by atoms with Crippen molar-refractivity contribution in [2.24, 2.45) is 0 Å². The summed E-state index contributed by atoms with van der Waals surface area (Å²) >= 11 is 0. The molecule has 2 N–H and O–H groups in total. The highest BCUT2D eigenvalue weighted by atomic mass is 16.5. The Morgan fingerprint density at radius 1 is 0.786 bits per heavy atom. The molecule has 2 heterocycles. The second-order valence-corrected chi connectivity index (χ2v) is 9.61. The number of carbonyl (C=O) groups is 1. The van der Waals surface area contributed by atoms with Crippen LogP contribution in [0.5, 0.6) is 23.0 Å². The smallest absolute Gasteiger partial charge is 0.257 e. The number of aromatic nitrogens is 1. The van der Waals surface area contributed by atoms with Crippen LogP contribution >= 0.6 is 0 Å². The zero-order valence-electron chi connectivity index (χ0n) is 23.4. The first kappa shape index (κ1) is 26.7. The zero-order chi connectivity index (χ0) is 29.1.